The summed E-state index contributed by atoms with van der Waals surface area (Å²) in [6.45, 7) is 4.77. The molecular formula is C16H23NS. The zero-order valence-corrected chi connectivity index (χ0v) is 12.2. The van der Waals surface area contributed by atoms with Crippen LogP contribution in [-0.2, 0) is 0 Å². The highest BCUT2D eigenvalue weighted by molar-refractivity contribution is 7.99. The molecule has 1 N–H and O–H groups in total. The Morgan fingerprint density at radius 1 is 1.28 bits per heavy atom. The molecule has 1 heterocycles. The van der Waals surface area contributed by atoms with E-state index in [-0.39, 0.29) is 0 Å². The summed E-state index contributed by atoms with van der Waals surface area (Å²) in [6.07, 6.45) is 4.12. The Kier molecular flexibility index (Phi) is 3.67. The SMILES string of the molecule is CCC1CCC(NC2CSc3ccccc32)C1C. The van der Waals surface area contributed by atoms with Crippen LogP contribution in [-0.4, -0.2) is 11.8 Å². The van der Waals surface area contributed by atoms with Crippen molar-refractivity contribution in [3.05, 3.63) is 29.8 Å². The number of thioether (sulfide) groups is 1. The average molecular weight is 261 g/mol. The molecule has 0 bridgehead atoms. The second-order valence-corrected chi connectivity index (χ2v) is 6.84. The summed E-state index contributed by atoms with van der Waals surface area (Å²) in [5, 5.41) is 3.93. The Balaban J connectivity index is 1.68. The summed E-state index contributed by atoms with van der Waals surface area (Å²) in [7, 11) is 0. The smallest absolute Gasteiger partial charge is 0.0428 e. The van der Waals surface area contributed by atoms with Crippen LogP contribution < -0.4 is 5.32 Å². The van der Waals surface area contributed by atoms with E-state index in [2.05, 4.69) is 43.4 Å². The van der Waals surface area contributed by atoms with E-state index >= 15 is 0 Å². The first kappa shape index (κ1) is 12.6. The summed E-state index contributed by atoms with van der Waals surface area (Å²) >= 11 is 2.00. The van der Waals surface area contributed by atoms with E-state index in [9.17, 15) is 0 Å². The molecule has 1 aliphatic carbocycles. The van der Waals surface area contributed by atoms with Crippen molar-refractivity contribution < 1.29 is 0 Å². The van der Waals surface area contributed by atoms with Crippen LogP contribution in [0, 0.1) is 11.8 Å². The highest BCUT2D eigenvalue weighted by Crippen LogP contribution is 2.40. The van der Waals surface area contributed by atoms with Gasteiger partial charge in [-0.05, 0) is 36.3 Å². The maximum Gasteiger partial charge on any atom is 0.0428 e. The fourth-order valence-electron chi connectivity index (χ4n) is 3.62. The van der Waals surface area contributed by atoms with E-state index < -0.39 is 0 Å². The van der Waals surface area contributed by atoms with Gasteiger partial charge >= 0.3 is 0 Å². The monoisotopic (exact) mass is 261 g/mol. The molecule has 18 heavy (non-hydrogen) atoms. The molecule has 3 rings (SSSR count). The number of benzene rings is 1. The molecule has 0 aromatic heterocycles. The first-order valence-corrected chi connectivity index (χ1v) is 8.26. The normalized spacial score (nSPS) is 34.8. The lowest BCUT2D eigenvalue weighted by Gasteiger charge is -2.25. The van der Waals surface area contributed by atoms with Gasteiger partial charge in [0.1, 0.15) is 0 Å². The van der Waals surface area contributed by atoms with Gasteiger partial charge in [-0.3, -0.25) is 0 Å². The Morgan fingerprint density at radius 2 is 2.11 bits per heavy atom. The van der Waals surface area contributed by atoms with Gasteiger partial charge in [-0.15, -0.1) is 11.8 Å². The van der Waals surface area contributed by atoms with Crippen LogP contribution in [0.1, 0.15) is 44.7 Å². The summed E-state index contributed by atoms with van der Waals surface area (Å²) in [5.74, 6) is 2.99. The molecule has 4 atom stereocenters. The highest BCUT2D eigenvalue weighted by atomic mass is 32.2. The van der Waals surface area contributed by atoms with Crippen molar-refractivity contribution in [3.8, 4) is 0 Å². The van der Waals surface area contributed by atoms with Crippen molar-refractivity contribution in [2.45, 2.75) is 50.1 Å². The van der Waals surface area contributed by atoms with Crippen molar-refractivity contribution in [1.82, 2.24) is 5.32 Å². The summed E-state index contributed by atoms with van der Waals surface area (Å²) in [5.41, 5.74) is 1.52. The molecule has 0 spiro atoms. The fourth-order valence-corrected chi connectivity index (χ4v) is 4.79. The molecule has 0 amide bonds. The Labute approximate surface area is 115 Å². The number of fused-ring (bicyclic) bond motifs is 1. The molecule has 1 nitrogen and oxygen atoms in total. The zero-order valence-electron chi connectivity index (χ0n) is 11.4. The predicted molar refractivity (Wildman–Crippen MR) is 79.0 cm³/mol. The van der Waals surface area contributed by atoms with Crippen molar-refractivity contribution in [2.75, 3.05) is 5.75 Å². The second-order valence-electron chi connectivity index (χ2n) is 5.78. The van der Waals surface area contributed by atoms with E-state index in [1.807, 2.05) is 11.8 Å². The van der Waals surface area contributed by atoms with Crippen LogP contribution in [0.3, 0.4) is 0 Å². The summed E-state index contributed by atoms with van der Waals surface area (Å²) < 4.78 is 0. The summed E-state index contributed by atoms with van der Waals surface area (Å²) in [4.78, 5) is 1.48. The number of hydrogen-bond acceptors (Lipinski definition) is 2. The maximum atomic E-state index is 3.93. The minimum absolute atomic E-state index is 0.578. The van der Waals surface area contributed by atoms with E-state index in [4.69, 9.17) is 0 Å². The molecule has 1 aromatic carbocycles. The van der Waals surface area contributed by atoms with Gasteiger partial charge in [0.2, 0.25) is 0 Å². The standard InChI is InChI=1S/C16H23NS/c1-3-12-8-9-14(11(12)2)17-15-10-18-16-7-5-4-6-13(15)16/h4-7,11-12,14-15,17H,3,8-10H2,1-2H3. The average Bonchev–Trinajstić information content (AvgIpc) is 2.96. The highest BCUT2D eigenvalue weighted by Gasteiger charge is 2.34. The minimum Gasteiger partial charge on any atom is -0.306 e. The van der Waals surface area contributed by atoms with E-state index in [1.54, 1.807) is 0 Å². The predicted octanol–water partition coefficient (Wildman–Crippen LogP) is 4.25. The van der Waals surface area contributed by atoms with Crippen LogP contribution >= 0.6 is 11.8 Å². The molecule has 2 aliphatic rings. The zero-order chi connectivity index (χ0) is 12.5. The molecular weight excluding hydrogens is 238 g/mol. The molecule has 2 heteroatoms. The van der Waals surface area contributed by atoms with E-state index in [1.165, 1.54) is 35.5 Å². The van der Waals surface area contributed by atoms with Gasteiger partial charge in [-0.2, -0.15) is 0 Å². The molecule has 1 aliphatic heterocycles. The van der Waals surface area contributed by atoms with Gasteiger partial charge in [0.25, 0.3) is 0 Å². The largest absolute Gasteiger partial charge is 0.306 e. The third-order valence-corrected chi connectivity index (χ3v) is 6.05. The second kappa shape index (κ2) is 5.26. The quantitative estimate of drug-likeness (QED) is 0.873. The van der Waals surface area contributed by atoms with Gasteiger partial charge in [-0.1, -0.05) is 38.5 Å². The lowest BCUT2D eigenvalue weighted by molar-refractivity contribution is 0.329. The van der Waals surface area contributed by atoms with Crippen molar-refractivity contribution >= 4 is 11.8 Å². The Morgan fingerprint density at radius 3 is 2.89 bits per heavy atom. The van der Waals surface area contributed by atoms with Crippen LogP contribution in [0.15, 0.2) is 29.2 Å². The van der Waals surface area contributed by atoms with Crippen molar-refractivity contribution in [2.24, 2.45) is 11.8 Å². The first-order valence-electron chi connectivity index (χ1n) is 7.27. The molecule has 0 radical (unpaired) electrons. The van der Waals surface area contributed by atoms with E-state index in [0.717, 1.165) is 17.9 Å². The van der Waals surface area contributed by atoms with Gasteiger partial charge in [0.05, 0.1) is 0 Å². The van der Waals surface area contributed by atoms with Gasteiger partial charge in [0, 0.05) is 22.7 Å². The van der Waals surface area contributed by atoms with Crippen molar-refractivity contribution in [1.29, 1.82) is 0 Å². The van der Waals surface area contributed by atoms with Crippen LogP contribution in [0.5, 0.6) is 0 Å². The fraction of sp³-hybridized carbons (Fsp3) is 0.625. The molecule has 0 saturated heterocycles. The lowest BCUT2D eigenvalue weighted by Crippen LogP contribution is -2.35. The number of nitrogens with one attached hydrogen (secondary N) is 1. The third kappa shape index (κ3) is 2.21. The van der Waals surface area contributed by atoms with Crippen LogP contribution in [0.4, 0.5) is 0 Å². The molecule has 1 fully saturated rings. The number of rotatable bonds is 3. The topological polar surface area (TPSA) is 12.0 Å². The van der Waals surface area contributed by atoms with Crippen LogP contribution in [0.25, 0.3) is 0 Å². The molecule has 98 valence electrons. The van der Waals surface area contributed by atoms with Gasteiger partial charge < -0.3 is 5.32 Å². The Hall–Kier alpha value is -0.470. The van der Waals surface area contributed by atoms with E-state index in [0.29, 0.717) is 6.04 Å². The minimum atomic E-state index is 0.578. The summed E-state index contributed by atoms with van der Waals surface area (Å²) in [6, 6.07) is 10.2. The third-order valence-electron chi connectivity index (χ3n) is 4.87. The van der Waals surface area contributed by atoms with Gasteiger partial charge in [-0.25, -0.2) is 0 Å². The van der Waals surface area contributed by atoms with Gasteiger partial charge in [0.15, 0.2) is 0 Å². The molecule has 1 saturated carbocycles. The maximum absolute atomic E-state index is 3.93. The lowest BCUT2D eigenvalue weighted by atomic mass is 9.93. The number of hydrogen-bond donors (Lipinski definition) is 1. The first-order chi connectivity index (χ1) is 8.79. The molecule has 4 unspecified atom stereocenters. The molecule has 1 aromatic rings. The Bertz CT molecular complexity index is 417. The van der Waals surface area contributed by atoms with Crippen LogP contribution in [0.2, 0.25) is 0 Å². The van der Waals surface area contributed by atoms with Crippen molar-refractivity contribution in [3.63, 3.8) is 0 Å².